The predicted octanol–water partition coefficient (Wildman–Crippen LogP) is 3.09. The summed E-state index contributed by atoms with van der Waals surface area (Å²) in [5.74, 6) is 0. The summed E-state index contributed by atoms with van der Waals surface area (Å²) in [6.07, 6.45) is -2.13. The van der Waals surface area contributed by atoms with Crippen molar-refractivity contribution in [2.45, 2.75) is 7.59 Å². The van der Waals surface area contributed by atoms with Crippen LogP contribution in [0.25, 0.3) is 0 Å². The van der Waals surface area contributed by atoms with Crippen LogP contribution in [0.2, 0.25) is 0 Å². The lowest BCUT2D eigenvalue weighted by Gasteiger charge is -2.13. The van der Waals surface area contributed by atoms with Crippen LogP contribution >= 0.6 is 69.6 Å². The summed E-state index contributed by atoms with van der Waals surface area (Å²) < 4.78 is 5.30. The van der Waals surface area contributed by atoms with Gasteiger partial charge in [-0.2, -0.15) is 0 Å². The van der Waals surface area contributed by atoms with Crippen molar-refractivity contribution in [1.82, 2.24) is 10.9 Å². The molecule has 18 heavy (non-hydrogen) atoms. The van der Waals surface area contributed by atoms with Crippen molar-refractivity contribution in [1.29, 1.82) is 0 Å². The van der Waals surface area contributed by atoms with Crippen molar-refractivity contribution in [3.8, 4) is 0 Å². The number of alkyl halides is 6. The van der Waals surface area contributed by atoms with Crippen LogP contribution in [-0.4, -0.2) is 33.0 Å². The molecule has 0 fully saturated rings. The van der Waals surface area contributed by atoms with E-state index in [0.717, 1.165) is 0 Å². The molecule has 106 valence electrons. The number of ether oxygens (including phenoxy) is 2. The standard InChI is InChI=1S/C6H6Cl6N2O4/c7-5(8,9)1-17-3(15)13-14-4(16)18-2-6(10,11)12/h1-2H2,(H,13,15)(H,14,16). The first-order valence-corrected chi connectivity index (χ1v) is 6.25. The first-order chi connectivity index (χ1) is 7.99. The van der Waals surface area contributed by atoms with Gasteiger partial charge in [0.2, 0.25) is 7.59 Å². The van der Waals surface area contributed by atoms with Crippen LogP contribution in [0.4, 0.5) is 9.59 Å². The van der Waals surface area contributed by atoms with Crippen molar-refractivity contribution in [2.24, 2.45) is 0 Å². The van der Waals surface area contributed by atoms with Gasteiger partial charge in [0.1, 0.15) is 13.2 Å². The van der Waals surface area contributed by atoms with Gasteiger partial charge < -0.3 is 9.47 Å². The van der Waals surface area contributed by atoms with Gasteiger partial charge >= 0.3 is 12.2 Å². The van der Waals surface area contributed by atoms with Crippen LogP contribution in [-0.2, 0) is 9.47 Å². The summed E-state index contributed by atoms with van der Waals surface area (Å²) in [4.78, 5) is 21.9. The highest BCUT2D eigenvalue weighted by Gasteiger charge is 2.23. The number of hydrogen-bond acceptors (Lipinski definition) is 4. The lowest BCUT2D eigenvalue weighted by Crippen LogP contribution is -2.43. The van der Waals surface area contributed by atoms with Crippen LogP contribution in [0.1, 0.15) is 0 Å². The predicted molar refractivity (Wildman–Crippen MR) is 69.5 cm³/mol. The van der Waals surface area contributed by atoms with Crippen LogP contribution in [0.3, 0.4) is 0 Å². The Kier molecular flexibility index (Phi) is 7.89. The van der Waals surface area contributed by atoms with E-state index in [1.807, 2.05) is 0 Å². The van der Waals surface area contributed by atoms with E-state index in [9.17, 15) is 9.59 Å². The van der Waals surface area contributed by atoms with Gasteiger partial charge in [0.25, 0.3) is 0 Å². The van der Waals surface area contributed by atoms with Crippen LogP contribution < -0.4 is 10.9 Å². The van der Waals surface area contributed by atoms with Crippen molar-refractivity contribution in [2.75, 3.05) is 13.2 Å². The van der Waals surface area contributed by atoms with Crippen LogP contribution in [0, 0.1) is 0 Å². The molecule has 6 nitrogen and oxygen atoms in total. The lowest BCUT2D eigenvalue weighted by atomic mass is 10.8. The summed E-state index contributed by atoms with van der Waals surface area (Å²) in [5.41, 5.74) is 3.60. The number of hydrazine groups is 1. The number of amides is 2. The summed E-state index contributed by atoms with van der Waals surface area (Å²) in [6, 6.07) is 0. The lowest BCUT2D eigenvalue weighted by molar-refractivity contribution is 0.126. The maximum Gasteiger partial charge on any atom is 0.426 e. The highest BCUT2D eigenvalue weighted by atomic mass is 35.6. The minimum Gasteiger partial charge on any atom is -0.444 e. The summed E-state index contributed by atoms with van der Waals surface area (Å²) in [6.45, 7) is -1.01. The van der Waals surface area contributed by atoms with Crippen molar-refractivity contribution < 1.29 is 19.1 Å². The molecule has 0 saturated carbocycles. The molecule has 0 bridgehead atoms. The molecule has 0 saturated heterocycles. The van der Waals surface area contributed by atoms with Crippen LogP contribution in [0.5, 0.6) is 0 Å². The van der Waals surface area contributed by atoms with E-state index in [0.29, 0.717) is 0 Å². The molecule has 0 spiro atoms. The minimum absolute atomic E-state index is 0.506. The summed E-state index contributed by atoms with van der Waals surface area (Å²) >= 11 is 31.9. The van der Waals surface area contributed by atoms with Gasteiger partial charge in [-0.05, 0) is 0 Å². The molecule has 0 aromatic heterocycles. The van der Waals surface area contributed by atoms with Gasteiger partial charge in [-0.1, -0.05) is 69.6 Å². The van der Waals surface area contributed by atoms with E-state index >= 15 is 0 Å². The Bertz CT molecular complexity index is 271. The normalized spacial score (nSPS) is 11.7. The van der Waals surface area contributed by atoms with Gasteiger partial charge in [-0.3, -0.25) is 0 Å². The number of rotatable bonds is 2. The SMILES string of the molecule is O=C(NNC(=O)OCC(Cl)(Cl)Cl)OCC(Cl)(Cl)Cl. The molecule has 0 aliphatic rings. The van der Waals surface area contributed by atoms with Gasteiger partial charge in [-0.15, -0.1) is 0 Å². The highest BCUT2D eigenvalue weighted by Crippen LogP contribution is 2.26. The highest BCUT2D eigenvalue weighted by molar-refractivity contribution is 6.68. The number of carbonyl (C=O) groups excluding carboxylic acids is 2. The minimum atomic E-state index is -1.76. The molecule has 0 rings (SSSR count). The van der Waals surface area contributed by atoms with E-state index in [1.165, 1.54) is 0 Å². The third-order valence-corrected chi connectivity index (χ3v) is 1.66. The quantitative estimate of drug-likeness (QED) is 0.568. The average Bonchev–Trinajstić information content (AvgIpc) is 2.18. The first-order valence-electron chi connectivity index (χ1n) is 3.98. The zero-order valence-electron chi connectivity index (χ0n) is 8.31. The maximum absolute atomic E-state index is 10.9. The fraction of sp³-hybridized carbons (Fsp3) is 0.667. The first kappa shape index (κ1) is 18.3. The van der Waals surface area contributed by atoms with E-state index in [4.69, 9.17) is 69.6 Å². The number of carbonyl (C=O) groups is 2. The molecule has 0 atom stereocenters. The molecule has 0 radical (unpaired) electrons. The Balaban J connectivity index is 3.76. The summed E-state index contributed by atoms with van der Waals surface area (Å²) in [7, 11) is 0. The zero-order valence-corrected chi connectivity index (χ0v) is 12.9. The van der Waals surface area contributed by atoms with Crippen molar-refractivity contribution in [3.05, 3.63) is 0 Å². The molecule has 12 heteroatoms. The molecule has 2 N–H and O–H groups in total. The Labute approximate surface area is 132 Å². The maximum atomic E-state index is 10.9. The molecule has 0 unspecified atom stereocenters. The fourth-order valence-corrected chi connectivity index (χ4v) is 0.796. The van der Waals surface area contributed by atoms with E-state index < -0.39 is 33.0 Å². The second-order valence-corrected chi connectivity index (χ2v) is 7.66. The van der Waals surface area contributed by atoms with Crippen molar-refractivity contribution in [3.63, 3.8) is 0 Å². The Morgan fingerprint density at radius 1 is 0.778 bits per heavy atom. The number of halogens is 6. The molecule has 0 aliphatic carbocycles. The van der Waals surface area contributed by atoms with Gasteiger partial charge in [0, 0.05) is 0 Å². The van der Waals surface area contributed by atoms with Gasteiger partial charge in [-0.25, -0.2) is 20.4 Å². The largest absolute Gasteiger partial charge is 0.444 e. The number of hydrogen-bond donors (Lipinski definition) is 2. The van der Waals surface area contributed by atoms with Gasteiger partial charge in [0.05, 0.1) is 0 Å². The molecule has 0 heterocycles. The second kappa shape index (κ2) is 7.77. The topological polar surface area (TPSA) is 76.7 Å². The molecular weight excluding hydrogens is 377 g/mol. The smallest absolute Gasteiger partial charge is 0.426 e. The monoisotopic (exact) mass is 380 g/mol. The van der Waals surface area contributed by atoms with E-state index in [1.54, 1.807) is 10.9 Å². The molecule has 0 aliphatic heterocycles. The second-order valence-electron chi connectivity index (χ2n) is 2.63. The third-order valence-electron chi connectivity index (χ3n) is 1.00. The summed E-state index contributed by atoms with van der Waals surface area (Å²) in [5, 5.41) is 0. The van der Waals surface area contributed by atoms with E-state index in [-0.39, 0.29) is 0 Å². The van der Waals surface area contributed by atoms with E-state index in [2.05, 4.69) is 9.47 Å². The Morgan fingerprint density at radius 3 is 1.28 bits per heavy atom. The van der Waals surface area contributed by atoms with Gasteiger partial charge in [0.15, 0.2) is 0 Å². The number of nitrogens with one attached hydrogen (secondary N) is 2. The Hall–Kier alpha value is 0.280. The molecular formula is C6H6Cl6N2O4. The van der Waals surface area contributed by atoms with Crippen LogP contribution in [0.15, 0.2) is 0 Å². The third kappa shape index (κ3) is 12.7. The zero-order chi connectivity index (χ0) is 14.4. The average molecular weight is 383 g/mol. The Morgan fingerprint density at radius 2 is 1.06 bits per heavy atom. The molecule has 0 aromatic rings. The van der Waals surface area contributed by atoms with Crippen molar-refractivity contribution >= 4 is 81.8 Å². The molecule has 2 amide bonds. The fourth-order valence-electron chi connectivity index (χ4n) is 0.469. The molecule has 0 aromatic carbocycles.